The van der Waals surface area contributed by atoms with Crippen molar-refractivity contribution in [3.8, 4) is 0 Å². The van der Waals surface area contributed by atoms with Crippen LogP contribution in [-0.2, 0) is 14.9 Å². The number of methoxy groups -OCH3 is 1. The van der Waals surface area contributed by atoms with Gasteiger partial charge < -0.3 is 4.74 Å². The quantitative estimate of drug-likeness (QED) is 0.771. The van der Waals surface area contributed by atoms with Gasteiger partial charge in [0.25, 0.3) is 0 Å². The highest BCUT2D eigenvalue weighted by molar-refractivity contribution is 5.90. The van der Waals surface area contributed by atoms with Gasteiger partial charge in [-0.05, 0) is 23.6 Å². The van der Waals surface area contributed by atoms with Gasteiger partial charge in [-0.1, -0.05) is 78.4 Å². The number of carbonyl (C=O) groups is 1. The van der Waals surface area contributed by atoms with Crippen LogP contribution in [-0.4, -0.2) is 13.1 Å². The molecule has 110 valence electrons. The van der Waals surface area contributed by atoms with E-state index in [1.165, 1.54) is 7.11 Å². The van der Waals surface area contributed by atoms with Crippen molar-refractivity contribution in [3.63, 3.8) is 0 Å². The minimum Gasteiger partial charge on any atom is -0.468 e. The van der Waals surface area contributed by atoms with Crippen LogP contribution >= 0.6 is 0 Å². The molecule has 0 saturated carbocycles. The van der Waals surface area contributed by atoms with E-state index in [0.717, 1.165) is 22.3 Å². The molecule has 1 atom stereocenters. The molecule has 2 nitrogen and oxygen atoms in total. The van der Waals surface area contributed by atoms with E-state index in [1.807, 2.05) is 79.8 Å². The molecule has 3 rings (SSSR count). The van der Waals surface area contributed by atoms with Gasteiger partial charge in [-0.3, -0.25) is 4.79 Å². The summed E-state index contributed by atoms with van der Waals surface area (Å²) in [6.45, 7) is 2.03. The monoisotopic (exact) mass is 290 g/mol. The molecule has 2 heteroatoms. The number of rotatable bonds is 2. The summed E-state index contributed by atoms with van der Waals surface area (Å²) in [5.74, 6) is -0.273. The summed E-state index contributed by atoms with van der Waals surface area (Å²) in [7, 11) is 1.43. The zero-order valence-corrected chi connectivity index (χ0v) is 12.7. The Morgan fingerprint density at radius 2 is 1.77 bits per heavy atom. The molecular weight excluding hydrogens is 272 g/mol. The van der Waals surface area contributed by atoms with Crippen LogP contribution in [0.15, 0.2) is 84.0 Å². The fourth-order valence-electron chi connectivity index (χ4n) is 2.80. The molecule has 0 bridgehead atoms. The number of hydrogen-bond donors (Lipinski definition) is 0. The van der Waals surface area contributed by atoms with Gasteiger partial charge in [-0.2, -0.15) is 0 Å². The lowest BCUT2D eigenvalue weighted by atomic mass is 9.74. The fraction of sp³-hybridized carbons (Fsp3) is 0.150. The maximum Gasteiger partial charge on any atom is 0.324 e. The summed E-state index contributed by atoms with van der Waals surface area (Å²) < 4.78 is 5.09. The third-order valence-electron chi connectivity index (χ3n) is 4.07. The number of benzene rings is 1. The van der Waals surface area contributed by atoms with Crippen molar-refractivity contribution in [1.82, 2.24) is 0 Å². The van der Waals surface area contributed by atoms with Gasteiger partial charge in [0, 0.05) is 0 Å². The summed E-state index contributed by atoms with van der Waals surface area (Å²) in [4.78, 5) is 12.6. The van der Waals surface area contributed by atoms with E-state index < -0.39 is 5.41 Å². The van der Waals surface area contributed by atoms with Crippen molar-refractivity contribution in [2.45, 2.75) is 12.3 Å². The number of ether oxygens (including phenoxy) is 1. The number of aryl methyl sites for hydroxylation is 1. The van der Waals surface area contributed by atoms with Crippen molar-refractivity contribution < 1.29 is 9.53 Å². The lowest BCUT2D eigenvalue weighted by Crippen LogP contribution is -2.34. The molecule has 1 unspecified atom stereocenters. The molecule has 0 spiro atoms. The van der Waals surface area contributed by atoms with Crippen LogP contribution in [0.1, 0.15) is 11.1 Å². The molecule has 1 aromatic carbocycles. The van der Waals surface area contributed by atoms with E-state index in [1.54, 1.807) is 0 Å². The smallest absolute Gasteiger partial charge is 0.324 e. The highest BCUT2D eigenvalue weighted by Crippen LogP contribution is 2.37. The van der Waals surface area contributed by atoms with Crippen molar-refractivity contribution in [2.24, 2.45) is 0 Å². The van der Waals surface area contributed by atoms with Gasteiger partial charge in [0.15, 0.2) is 0 Å². The Morgan fingerprint density at radius 1 is 1.00 bits per heavy atom. The molecule has 0 heterocycles. The lowest BCUT2D eigenvalue weighted by Gasteiger charge is -2.29. The zero-order chi connectivity index (χ0) is 15.6. The van der Waals surface area contributed by atoms with Crippen molar-refractivity contribution in [2.75, 3.05) is 7.11 Å². The summed E-state index contributed by atoms with van der Waals surface area (Å²) in [5.41, 5.74) is 3.33. The first kappa shape index (κ1) is 14.3. The van der Waals surface area contributed by atoms with Crippen molar-refractivity contribution in [3.05, 3.63) is 95.1 Å². The number of hydrogen-bond acceptors (Lipinski definition) is 2. The molecule has 0 aromatic heterocycles. The normalized spacial score (nSPS) is 22.5. The van der Waals surface area contributed by atoms with Gasteiger partial charge in [-0.15, -0.1) is 0 Å². The minimum atomic E-state index is -0.871. The second-order valence-electron chi connectivity index (χ2n) is 5.53. The van der Waals surface area contributed by atoms with Crippen LogP contribution in [0.25, 0.3) is 0 Å². The van der Waals surface area contributed by atoms with E-state index in [0.29, 0.717) is 0 Å². The molecule has 0 radical (unpaired) electrons. The maximum atomic E-state index is 12.6. The molecule has 2 aliphatic carbocycles. The minimum absolute atomic E-state index is 0.273. The first-order valence-electron chi connectivity index (χ1n) is 7.29. The van der Waals surface area contributed by atoms with E-state index in [2.05, 4.69) is 0 Å². The van der Waals surface area contributed by atoms with Crippen molar-refractivity contribution >= 4 is 5.97 Å². The largest absolute Gasteiger partial charge is 0.468 e. The Kier molecular flexibility index (Phi) is 3.68. The van der Waals surface area contributed by atoms with E-state index in [9.17, 15) is 4.79 Å². The fourth-order valence-corrected chi connectivity index (χ4v) is 2.80. The van der Waals surface area contributed by atoms with E-state index in [-0.39, 0.29) is 5.97 Å². The zero-order valence-electron chi connectivity index (χ0n) is 12.7. The average molecular weight is 290 g/mol. The second kappa shape index (κ2) is 5.64. The molecule has 2 aliphatic rings. The van der Waals surface area contributed by atoms with Crippen LogP contribution in [0.2, 0.25) is 0 Å². The average Bonchev–Trinajstić information content (AvgIpc) is 2.79. The standard InChI is InChI=1S/C20H18O2/c1-15-8-10-18(11-9-15)20(19(21)22-2)13-12-16-6-4-3-5-7-17(16)14-20/h3-14H,1-2H3. The summed E-state index contributed by atoms with van der Waals surface area (Å²) >= 11 is 0. The Hall–Kier alpha value is -2.61. The highest BCUT2D eigenvalue weighted by atomic mass is 16.5. The third-order valence-corrected chi connectivity index (χ3v) is 4.07. The number of esters is 1. The van der Waals surface area contributed by atoms with Gasteiger partial charge in [0.1, 0.15) is 5.41 Å². The molecule has 0 saturated heterocycles. The highest BCUT2D eigenvalue weighted by Gasteiger charge is 2.39. The van der Waals surface area contributed by atoms with Crippen molar-refractivity contribution in [1.29, 1.82) is 0 Å². The molecule has 0 N–H and O–H groups in total. The SMILES string of the molecule is COC(=O)C1(c2ccc(C)cc2)C=CC2=CC=CC=CC2=C1. The van der Waals surface area contributed by atoms with Gasteiger partial charge in [0.2, 0.25) is 0 Å². The van der Waals surface area contributed by atoms with E-state index in [4.69, 9.17) is 4.74 Å². The van der Waals surface area contributed by atoms with Gasteiger partial charge >= 0.3 is 5.97 Å². The molecule has 0 fully saturated rings. The molecule has 0 aliphatic heterocycles. The van der Waals surface area contributed by atoms with Crippen LogP contribution in [0.3, 0.4) is 0 Å². The van der Waals surface area contributed by atoms with Gasteiger partial charge in [-0.25, -0.2) is 0 Å². The third kappa shape index (κ3) is 2.37. The summed E-state index contributed by atoms with van der Waals surface area (Å²) in [6.07, 6.45) is 15.9. The van der Waals surface area contributed by atoms with Gasteiger partial charge in [0.05, 0.1) is 7.11 Å². The predicted octanol–water partition coefficient (Wildman–Crippen LogP) is 3.95. The molecule has 0 amide bonds. The number of allylic oxidation sites excluding steroid dienone is 8. The van der Waals surface area contributed by atoms with E-state index >= 15 is 0 Å². The first-order chi connectivity index (χ1) is 10.7. The second-order valence-corrected chi connectivity index (χ2v) is 5.53. The number of carbonyl (C=O) groups excluding carboxylic acids is 1. The summed E-state index contributed by atoms with van der Waals surface area (Å²) in [5, 5.41) is 0. The van der Waals surface area contributed by atoms with Crippen LogP contribution in [0.5, 0.6) is 0 Å². The lowest BCUT2D eigenvalue weighted by molar-refractivity contribution is -0.143. The topological polar surface area (TPSA) is 26.3 Å². The Bertz CT molecular complexity index is 742. The summed E-state index contributed by atoms with van der Waals surface area (Å²) in [6, 6.07) is 8.01. The van der Waals surface area contributed by atoms with Crippen LogP contribution < -0.4 is 0 Å². The Balaban J connectivity index is 2.17. The first-order valence-corrected chi connectivity index (χ1v) is 7.29. The van der Waals surface area contributed by atoms with Crippen LogP contribution in [0, 0.1) is 6.92 Å². The number of fused-ring (bicyclic) bond motifs is 1. The molecule has 22 heavy (non-hydrogen) atoms. The van der Waals surface area contributed by atoms with Crippen LogP contribution in [0.4, 0.5) is 0 Å². The molecular formula is C20H18O2. The Morgan fingerprint density at radius 3 is 2.50 bits per heavy atom. The molecule has 1 aromatic rings. The Labute approximate surface area is 130 Å². The predicted molar refractivity (Wildman–Crippen MR) is 88.5 cm³/mol. The maximum absolute atomic E-state index is 12.6.